The van der Waals surface area contributed by atoms with Crippen molar-refractivity contribution in [2.45, 2.75) is 13.5 Å². The number of aldehydes is 1. The molecule has 0 spiro atoms. The summed E-state index contributed by atoms with van der Waals surface area (Å²) in [4.78, 5) is 17.2. The molecule has 1 aromatic carbocycles. The summed E-state index contributed by atoms with van der Waals surface area (Å²) in [6, 6.07) is 5.77. The summed E-state index contributed by atoms with van der Waals surface area (Å²) in [5.74, 6) is 0.857. The minimum Gasteiger partial charge on any atom is -0.366 e. The third-order valence-corrected chi connectivity index (χ3v) is 2.91. The summed E-state index contributed by atoms with van der Waals surface area (Å²) in [7, 11) is 3.80. The van der Waals surface area contributed by atoms with Crippen molar-refractivity contribution in [1.29, 1.82) is 0 Å². The molecule has 0 atom stereocenters. The summed E-state index contributed by atoms with van der Waals surface area (Å²) in [6.45, 7) is 2.62. The van der Waals surface area contributed by atoms with E-state index in [1.165, 1.54) is 6.33 Å². The highest BCUT2D eigenvalue weighted by Crippen LogP contribution is 2.20. The topological polar surface area (TPSA) is 51.0 Å². The highest BCUT2D eigenvalue weighted by atomic mass is 16.1. The molecule has 0 amide bonds. The van der Waals surface area contributed by atoms with Gasteiger partial charge < -0.3 is 4.90 Å². The number of carbonyl (C=O) groups excluding carboxylic acids is 1. The normalized spacial score (nSPS) is 10.4. The maximum atomic E-state index is 11.1. The van der Waals surface area contributed by atoms with Gasteiger partial charge >= 0.3 is 0 Å². The number of aryl methyl sites for hydroxylation is 2. The van der Waals surface area contributed by atoms with Crippen LogP contribution in [0.15, 0.2) is 24.5 Å². The van der Waals surface area contributed by atoms with Gasteiger partial charge in [0.1, 0.15) is 12.2 Å². The Balaban J connectivity index is 2.28. The van der Waals surface area contributed by atoms with E-state index in [1.807, 2.05) is 44.1 Å². The van der Waals surface area contributed by atoms with Crippen LogP contribution in [0.25, 0.3) is 0 Å². The highest BCUT2D eigenvalue weighted by Gasteiger charge is 2.10. The fraction of sp³-hybridized carbons (Fsp3) is 0.308. The molecule has 0 radical (unpaired) electrons. The second kappa shape index (κ2) is 5.00. The first-order valence-corrected chi connectivity index (χ1v) is 5.71. The van der Waals surface area contributed by atoms with Gasteiger partial charge in [0.25, 0.3) is 0 Å². The van der Waals surface area contributed by atoms with E-state index in [0.717, 1.165) is 23.4 Å². The Bertz CT molecular complexity index is 562. The van der Waals surface area contributed by atoms with Crippen LogP contribution >= 0.6 is 0 Å². The lowest BCUT2D eigenvalue weighted by Gasteiger charge is -2.20. The van der Waals surface area contributed by atoms with E-state index >= 15 is 0 Å². The molecule has 5 nitrogen and oxygen atoms in total. The van der Waals surface area contributed by atoms with E-state index in [9.17, 15) is 4.79 Å². The maximum absolute atomic E-state index is 11.1. The molecule has 18 heavy (non-hydrogen) atoms. The van der Waals surface area contributed by atoms with Crippen molar-refractivity contribution in [3.05, 3.63) is 41.5 Å². The van der Waals surface area contributed by atoms with Gasteiger partial charge in [-0.3, -0.25) is 9.48 Å². The largest absolute Gasteiger partial charge is 0.366 e. The second-order valence-electron chi connectivity index (χ2n) is 4.34. The van der Waals surface area contributed by atoms with E-state index in [0.29, 0.717) is 12.1 Å². The number of carbonyl (C=O) groups is 1. The molecule has 0 N–H and O–H groups in total. The summed E-state index contributed by atoms with van der Waals surface area (Å²) in [5, 5.41) is 4.03. The predicted octanol–water partition coefficient (Wildman–Crippen LogP) is 1.57. The number of hydrogen-bond donors (Lipinski definition) is 0. The van der Waals surface area contributed by atoms with Gasteiger partial charge in [-0.15, -0.1) is 0 Å². The summed E-state index contributed by atoms with van der Waals surface area (Å²) in [6.07, 6.45) is 2.40. The molecular formula is C13H16N4O. The molecule has 5 heteroatoms. The Morgan fingerprint density at radius 2 is 2.22 bits per heavy atom. The van der Waals surface area contributed by atoms with Gasteiger partial charge in [-0.05, 0) is 24.6 Å². The van der Waals surface area contributed by atoms with Crippen molar-refractivity contribution >= 4 is 12.0 Å². The molecule has 0 fully saturated rings. The summed E-state index contributed by atoms with van der Waals surface area (Å²) < 4.78 is 1.73. The number of nitrogens with zero attached hydrogens (tertiary/aromatic N) is 4. The first kappa shape index (κ1) is 12.3. The number of aromatic nitrogens is 3. The van der Waals surface area contributed by atoms with Crippen LogP contribution in [0, 0.1) is 6.92 Å². The van der Waals surface area contributed by atoms with Crippen LogP contribution in [-0.2, 0) is 13.6 Å². The van der Waals surface area contributed by atoms with Crippen LogP contribution in [0.5, 0.6) is 0 Å². The molecule has 94 valence electrons. The van der Waals surface area contributed by atoms with Crippen LogP contribution < -0.4 is 4.90 Å². The highest BCUT2D eigenvalue weighted by molar-refractivity contribution is 5.84. The minimum atomic E-state index is 0.612. The van der Waals surface area contributed by atoms with E-state index in [1.54, 1.807) is 4.68 Å². The SMILES string of the molecule is Cc1ccc(C=O)c(N(C)Cc2ncnn2C)c1. The number of rotatable bonds is 4. The molecule has 0 bridgehead atoms. The Hall–Kier alpha value is -2.17. The lowest BCUT2D eigenvalue weighted by molar-refractivity contribution is 0.112. The molecule has 0 saturated carbocycles. The number of hydrogen-bond acceptors (Lipinski definition) is 4. The van der Waals surface area contributed by atoms with E-state index in [4.69, 9.17) is 0 Å². The fourth-order valence-electron chi connectivity index (χ4n) is 1.84. The monoisotopic (exact) mass is 244 g/mol. The quantitative estimate of drug-likeness (QED) is 0.766. The lowest BCUT2D eigenvalue weighted by Crippen LogP contribution is -2.20. The Kier molecular flexibility index (Phi) is 3.41. The van der Waals surface area contributed by atoms with Gasteiger partial charge in [0, 0.05) is 25.3 Å². The number of anilines is 1. The van der Waals surface area contributed by atoms with Crippen molar-refractivity contribution in [1.82, 2.24) is 14.8 Å². The van der Waals surface area contributed by atoms with Crippen LogP contribution in [0.2, 0.25) is 0 Å². The zero-order valence-corrected chi connectivity index (χ0v) is 10.8. The summed E-state index contributed by atoms with van der Waals surface area (Å²) in [5.41, 5.74) is 2.72. The molecule has 0 aliphatic carbocycles. The zero-order valence-electron chi connectivity index (χ0n) is 10.8. The smallest absolute Gasteiger partial charge is 0.152 e. The van der Waals surface area contributed by atoms with Gasteiger partial charge in [0.05, 0.1) is 6.54 Å². The lowest BCUT2D eigenvalue weighted by atomic mass is 10.1. The van der Waals surface area contributed by atoms with Gasteiger partial charge in [-0.25, -0.2) is 4.98 Å². The molecular weight excluding hydrogens is 228 g/mol. The fourth-order valence-corrected chi connectivity index (χ4v) is 1.84. The van der Waals surface area contributed by atoms with Crippen LogP contribution in [0.4, 0.5) is 5.69 Å². The molecule has 0 unspecified atom stereocenters. The van der Waals surface area contributed by atoms with Gasteiger partial charge in [0.2, 0.25) is 0 Å². The standard InChI is InChI=1S/C13H16N4O/c1-10-4-5-11(8-18)12(6-10)16(2)7-13-14-9-15-17(13)3/h4-6,8-9H,7H2,1-3H3. The van der Waals surface area contributed by atoms with Crippen molar-refractivity contribution in [2.75, 3.05) is 11.9 Å². The third-order valence-electron chi connectivity index (χ3n) is 2.91. The van der Waals surface area contributed by atoms with E-state index < -0.39 is 0 Å². The van der Waals surface area contributed by atoms with Gasteiger partial charge in [-0.2, -0.15) is 5.10 Å². The molecule has 0 saturated heterocycles. The molecule has 1 heterocycles. The third kappa shape index (κ3) is 2.40. The van der Waals surface area contributed by atoms with Crippen molar-refractivity contribution in [3.8, 4) is 0 Å². The first-order chi connectivity index (χ1) is 8.61. The molecule has 2 rings (SSSR count). The number of benzene rings is 1. The van der Waals surface area contributed by atoms with E-state index in [-0.39, 0.29) is 0 Å². The van der Waals surface area contributed by atoms with Crippen molar-refractivity contribution in [3.63, 3.8) is 0 Å². The maximum Gasteiger partial charge on any atom is 0.152 e. The van der Waals surface area contributed by atoms with Crippen LogP contribution in [0.3, 0.4) is 0 Å². The second-order valence-corrected chi connectivity index (χ2v) is 4.34. The van der Waals surface area contributed by atoms with Crippen LogP contribution in [0.1, 0.15) is 21.7 Å². The minimum absolute atomic E-state index is 0.612. The van der Waals surface area contributed by atoms with Crippen molar-refractivity contribution in [2.24, 2.45) is 7.05 Å². The molecule has 0 aliphatic rings. The Morgan fingerprint density at radius 3 is 2.83 bits per heavy atom. The Labute approximate surface area is 106 Å². The van der Waals surface area contributed by atoms with Gasteiger partial charge in [0.15, 0.2) is 6.29 Å². The molecule has 1 aromatic heterocycles. The zero-order chi connectivity index (χ0) is 13.1. The Morgan fingerprint density at radius 1 is 1.44 bits per heavy atom. The molecule has 2 aromatic rings. The molecule has 0 aliphatic heterocycles. The van der Waals surface area contributed by atoms with Crippen LogP contribution in [-0.4, -0.2) is 28.1 Å². The predicted molar refractivity (Wildman–Crippen MR) is 69.7 cm³/mol. The van der Waals surface area contributed by atoms with Gasteiger partial charge in [-0.1, -0.05) is 6.07 Å². The average molecular weight is 244 g/mol. The summed E-state index contributed by atoms with van der Waals surface area (Å²) >= 11 is 0. The first-order valence-electron chi connectivity index (χ1n) is 5.71. The van der Waals surface area contributed by atoms with E-state index in [2.05, 4.69) is 10.1 Å². The average Bonchev–Trinajstić information content (AvgIpc) is 2.75. The van der Waals surface area contributed by atoms with Crippen molar-refractivity contribution < 1.29 is 4.79 Å².